The van der Waals surface area contributed by atoms with E-state index in [1.807, 2.05) is 51.7 Å². The summed E-state index contributed by atoms with van der Waals surface area (Å²) in [7, 11) is 0. The second kappa shape index (κ2) is 6.14. The van der Waals surface area contributed by atoms with Gasteiger partial charge in [-0.25, -0.2) is 4.68 Å². The van der Waals surface area contributed by atoms with E-state index in [9.17, 15) is 0 Å². The topological polar surface area (TPSA) is 39.1 Å². The number of hydrogen-bond donors (Lipinski definition) is 0. The van der Waals surface area contributed by atoms with Crippen LogP contribution in [0, 0.1) is 4.77 Å². The molecule has 3 aromatic rings. The summed E-state index contributed by atoms with van der Waals surface area (Å²) < 4.78 is 10.1. The average molecular weight is 326 g/mol. The SMILES string of the molecule is S=c1n(CN2CCCC2)nc(-c2ccco2)n1-c1ccccc1. The zero-order valence-electron chi connectivity index (χ0n) is 12.8. The van der Waals surface area contributed by atoms with Crippen LogP contribution < -0.4 is 0 Å². The van der Waals surface area contributed by atoms with Gasteiger partial charge in [0.1, 0.15) is 0 Å². The van der Waals surface area contributed by atoms with Crippen LogP contribution in [-0.4, -0.2) is 32.3 Å². The highest BCUT2D eigenvalue weighted by Crippen LogP contribution is 2.23. The second-order valence-electron chi connectivity index (χ2n) is 5.72. The first-order chi connectivity index (χ1) is 11.3. The van der Waals surface area contributed by atoms with Gasteiger partial charge in [0.2, 0.25) is 10.6 Å². The van der Waals surface area contributed by atoms with E-state index in [1.54, 1.807) is 6.26 Å². The second-order valence-corrected chi connectivity index (χ2v) is 6.09. The van der Waals surface area contributed by atoms with Crippen molar-refractivity contribution < 1.29 is 4.42 Å². The van der Waals surface area contributed by atoms with Gasteiger partial charge < -0.3 is 4.42 Å². The fourth-order valence-electron chi connectivity index (χ4n) is 2.99. The van der Waals surface area contributed by atoms with Crippen LogP contribution in [-0.2, 0) is 6.67 Å². The fourth-order valence-corrected chi connectivity index (χ4v) is 3.28. The Hall–Kier alpha value is -2.18. The molecular formula is C17H18N4OS. The molecule has 1 aliphatic rings. The molecule has 118 valence electrons. The summed E-state index contributed by atoms with van der Waals surface area (Å²) >= 11 is 5.70. The van der Waals surface area contributed by atoms with Crippen molar-refractivity contribution in [3.63, 3.8) is 0 Å². The van der Waals surface area contributed by atoms with E-state index in [-0.39, 0.29) is 0 Å². The lowest BCUT2D eigenvalue weighted by Gasteiger charge is -2.13. The van der Waals surface area contributed by atoms with E-state index in [0.717, 1.165) is 37.0 Å². The summed E-state index contributed by atoms with van der Waals surface area (Å²) in [5.74, 6) is 1.46. The molecule has 1 fully saturated rings. The van der Waals surface area contributed by atoms with E-state index >= 15 is 0 Å². The third kappa shape index (κ3) is 2.75. The summed E-state index contributed by atoms with van der Waals surface area (Å²) in [6.45, 7) is 2.94. The van der Waals surface area contributed by atoms with Gasteiger partial charge in [-0.2, -0.15) is 0 Å². The Bertz CT molecular complexity index is 829. The minimum atomic E-state index is 0.689. The number of likely N-dealkylation sites (tertiary alicyclic amines) is 1. The molecule has 0 amide bonds. The van der Waals surface area contributed by atoms with Crippen molar-refractivity contribution >= 4 is 12.2 Å². The van der Waals surface area contributed by atoms with Gasteiger partial charge in [-0.3, -0.25) is 9.47 Å². The molecule has 0 unspecified atom stereocenters. The Kier molecular flexibility index (Phi) is 3.85. The predicted molar refractivity (Wildman–Crippen MR) is 90.9 cm³/mol. The molecular weight excluding hydrogens is 308 g/mol. The smallest absolute Gasteiger partial charge is 0.204 e. The van der Waals surface area contributed by atoms with E-state index < -0.39 is 0 Å². The zero-order valence-corrected chi connectivity index (χ0v) is 13.6. The highest BCUT2D eigenvalue weighted by molar-refractivity contribution is 7.71. The summed E-state index contributed by atoms with van der Waals surface area (Å²) in [4.78, 5) is 2.38. The highest BCUT2D eigenvalue weighted by Gasteiger charge is 2.19. The first-order valence-electron chi connectivity index (χ1n) is 7.84. The first-order valence-corrected chi connectivity index (χ1v) is 8.25. The van der Waals surface area contributed by atoms with Gasteiger partial charge in [-0.1, -0.05) is 18.2 Å². The third-order valence-electron chi connectivity index (χ3n) is 4.13. The minimum absolute atomic E-state index is 0.689. The first kappa shape index (κ1) is 14.4. The Morgan fingerprint density at radius 2 is 1.83 bits per heavy atom. The van der Waals surface area contributed by atoms with Crippen LogP contribution in [0.15, 0.2) is 53.1 Å². The van der Waals surface area contributed by atoms with Gasteiger partial charge in [-0.05, 0) is 62.4 Å². The van der Waals surface area contributed by atoms with E-state index in [2.05, 4.69) is 4.90 Å². The lowest BCUT2D eigenvalue weighted by molar-refractivity contribution is 0.253. The molecule has 0 N–H and O–H groups in total. The standard InChI is InChI=1S/C17H18N4OS/c23-17-20(13-19-10-4-5-11-19)18-16(15-9-6-12-22-15)21(17)14-7-2-1-3-8-14/h1-3,6-9,12H,4-5,10-11,13H2. The maximum atomic E-state index is 5.70. The largest absolute Gasteiger partial charge is 0.461 e. The highest BCUT2D eigenvalue weighted by atomic mass is 32.1. The van der Waals surface area contributed by atoms with Gasteiger partial charge in [0.15, 0.2) is 5.76 Å². The number of hydrogen-bond acceptors (Lipinski definition) is 4. The average Bonchev–Trinajstić information content (AvgIpc) is 3.31. The quantitative estimate of drug-likeness (QED) is 0.685. The molecule has 4 rings (SSSR count). The summed E-state index contributed by atoms with van der Waals surface area (Å²) in [5.41, 5.74) is 0.997. The lowest BCUT2D eigenvalue weighted by atomic mass is 10.3. The molecule has 5 nitrogen and oxygen atoms in total. The van der Waals surface area contributed by atoms with Gasteiger partial charge in [0, 0.05) is 0 Å². The molecule has 0 atom stereocenters. The number of furan rings is 1. The zero-order chi connectivity index (χ0) is 15.6. The molecule has 1 saturated heterocycles. The number of para-hydroxylation sites is 1. The van der Waals surface area contributed by atoms with E-state index in [1.165, 1.54) is 12.8 Å². The predicted octanol–water partition coefficient (Wildman–Crippen LogP) is 3.72. The number of nitrogens with zero attached hydrogens (tertiary/aromatic N) is 4. The van der Waals surface area contributed by atoms with Crippen LogP contribution in [0.3, 0.4) is 0 Å². The molecule has 0 aliphatic carbocycles. The maximum absolute atomic E-state index is 5.70. The lowest BCUT2D eigenvalue weighted by Crippen LogP contribution is -2.23. The van der Waals surface area contributed by atoms with Crippen LogP contribution in [0.4, 0.5) is 0 Å². The molecule has 0 bridgehead atoms. The Labute approximate surface area is 139 Å². The van der Waals surface area contributed by atoms with Crippen LogP contribution in [0.2, 0.25) is 0 Å². The third-order valence-corrected chi connectivity index (χ3v) is 4.52. The van der Waals surface area contributed by atoms with Crippen molar-refractivity contribution in [1.82, 2.24) is 19.2 Å². The number of aromatic nitrogens is 3. The molecule has 3 heterocycles. The van der Waals surface area contributed by atoms with Crippen LogP contribution in [0.5, 0.6) is 0 Å². The van der Waals surface area contributed by atoms with Crippen LogP contribution in [0.1, 0.15) is 12.8 Å². The molecule has 1 aromatic carbocycles. The van der Waals surface area contributed by atoms with E-state index in [4.69, 9.17) is 21.7 Å². The maximum Gasteiger partial charge on any atom is 0.204 e. The monoisotopic (exact) mass is 326 g/mol. The fraction of sp³-hybridized carbons (Fsp3) is 0.294. The van der Waals surface area contributed by atoms with Crippen molar-refractivity contribution in [2.45, 2.75) is 19.5 Å². The molecule has 6 heteroatoms. The Morgan fingerprint density at radius 1 is 1.04 bits per heavy atom. The Morgan fingerprint density at radius 3 is 2.52 bits per heavy atom. The van der Waals surface area contributed by atoms with Crippen molar-refractivity contribution in [1.29, 1.82) is 0 Å². The molecule has 2 aromatic heterocycles. The molecule has 1 aliphatic heterocycles. The summed E-state index contributed by atoms with van der Waals surface area (Å²) in [5, 5.41) is 4.73. The van der Waals surface area contributed by atoms with Gasteiger partial charge >= 0.3 is 0 Å². The van der Waals surface area contributed by atoms with Crippen LogP contribution in [0.25, 0.3) is 17.3 Å². The summed E-state index contributed by atoms with van der Waals surface area (Å²) in [6, 6.07) is 13.8. The van der Waals surface area contributed by atoms with Crippen LogP contribution >= 0.6 is 12.2 Å². The van der Waals surface area contributed by atoms with Crippen molar-refractivity contribution in [2.24, 2.45) is 0 Å². The van der Waals surface area contributed by atoms with Gasteiger partial charge in [0.25, 0.3) is 0 Å². The number of benzene rings is 1. The Balaban J connectivity index is 1.82. The minimum Gasteiger partial charge on any atom is -0.461 e. The number of rotatable bonds is 4. The van der Waals surface area contributed by atoms with Crippen molar-refractivity contribution in [3.05, 3.63) is 53.5 Å². The molecule has 0 saturated carbocycles. The van der Waals surface area contributed by atoms with Crippen molar-refractivity contribution in [3.8, 4) is 17.3 Å². The normalized spacial score (nSPS) is 15.3. The molecule has 23 heavy (non-hydrogen) atoms. The van der Waals surface area contributed by atoms with Gasteiger partial charge in [-0.15, -0.1) is 5.10 Å². The summed E-state index contributed by atoms with van der Waals surface area (Å²) in [6.07, 6.45) is 4.16. The van der Waals surface area contributed by atoms with Gasteiger partial charge in [0.05, 0.1) is 18.6 Å². The molecule has 0 spiro atoms. The van der Waals surface area contributed by atoms with Crippen molar-refractivity contribution in [2.75, 3.05) is 13.1 Å². The van der Waals surface area contributed by atoms with E-state index in [0.29, 0.717) is 4.77 Å². The molecule has 0 radical (unpaired) electrons.